The molecule has 10 heteroatoms. The van der Waals surface area contributed by atoms with Crippen molar-refractivity contribution in [3.8, 4) is 0 Å². The lowest BCUT2D eigenvalue weighted by Gasteiger charge is -2.17. The van der Waals surface area contributed by atoms with E-state index in [1.807, 2.05) is 0 Å². The van der Waals surface area contributed by atoms with Crippen LogP contribution in [0, 0.1) is 11.6 Å². The maximum Gasteiger partial charge on any atom is 0.339 e. The minimum Gasteiger partial charge on any atom is -0.463 e. The number of carbonyl (C=O) groups excluding carboxylic acids is 3. The Morgan fingerprint density at radius 2 is 2.00 bits per heavy atom. The van der Waals surface area contributed by atoms with Gasteiger partial charge in [0.2, 0.25) is 5.91 Å². The summed E-state index contributed by atoms with van der Waals surface area (Å²) >= 11 is 6.86. The number of rotatable bonds is 6. The molecule has 0 aliphatic carbocycles. The normalized spacial score (nSPS) is 15.5. The van der Waals surface area contributed by atoms with Crippen molar-refractivity contribution in [2.24, 2.45) is 0 Å². The van der Waals surface area contributed by atoms with Gasteiger partial charge in [-0.1, -0.05) is 23.4 Å². The maximum absolute atomic E-state index is 13.2. The summed E-state index contributed by atoms with van der Waals surface area (Å²) in [5.41, 5.74) is -0.324. The molecule has 1 aliphatic rings. The summed E-state index contributed by atoms with van der Waals surface area (Å²) in [5, 5.41) is 0.0972. The second-order valence-corrected chi connectivity index (χ2v) is 6.35. The van der Waals surface area contributed by atoms with Crippen LogP contribution in [0.3, 0.4) is 0 Å². The van der Waals surface area contributed by atoms with Crippen molar-refractivity contribution >= 4 is 41.2 Å². The zero-order valence-corrected chi connectivity index (χ0v) is 15.2. The Morgan fingerprint density at radius 3 is 2.69 bits per heavy atom. The van der Waals surface area contributed by atoms with E-state index in [1.54, 1.807) is 6.92 Å². The van der Waals surface area contributed by atoms with E-state index >= 15 is 0 Å². The number of hydrogen-bond donors (Lipinski definition) is 0. The van der Waals surface area contributed by atoms with Gasteiger partial charge in [-0.15, -0.1) is 0 Å². The fourth-order valence-electron chi connectivity index (χ4n) is 2.04. The summed E-state index contributed by atoms with van der Waals surface area (Å²) in [6.07, 6.45) is 1.19. The first-order valence-corrected chi connectivity index (χ1v) is 8.83. The Bertz CT molecular complexity index is 771. The number of halogens is 3. The number of carbonyl (C=O) groups is 3. The van der Waals surface area contributed by atoms with Gasteiger partial charge >= 0.3 is 11.9 Å². The lowest BCUT2D eigenvalue weighted by Crippen LogP contribution is -2.29. The summed E-state index contributed by atoms with van der Waals surface area (Å²) in [7, 11) is 0. The van der Waals surface area contributed by atoms with Crippen LogP contribution < -0.4 is 0 Å². The van der Waals surface area contributed by atoms with E-state index in [4.69, 9.17) is 21.1 Å². The average molecular weight is 406 g/mol. The quantitative estimate of drug-likeness (QED) is 0.411. The molecule has 26 heavy (non-hydrogen) atoms. The fraction of sp³-hybridized carbons (Fsp3) is 0.312. The smallest absolute Gasteiger partial charge is 0.339 e. The molecule has 1 saturated heterocycles. The summed E-state index contributed by atoms with van der Waals surface area (Å²) in [6.45, 7) is 1.63. The Labute approximate surface area is 157 Å². The van der Waals surface area contributed by atoms with E-state index in [1.165, 1.54) is 11.0 Å². The molecular formula is C16H14ClF2NO5S. The molecule has 1 aromatic rings. The van der Waals surface area contributed by atoms with Gasteiger partial charge in [0.05, 0.1) is 40.6 Å². The van der Waals surface area contributed by atoms with E-state index in [0.29, 0.717) is 17.2 Å². The van der Waals surface area contributed by atoms with Crippen molar-refractivity contribution in [1.29, 1.82) is 0 Å². The number of amides is 1. The summed E-state index contributed by atoms with van der Waals surface area (Å²) in [5.74, 6) is -4.06. The topological polar surface area (TPSA) is 72.9 Å². The molecule has 1 fully saturated rings. The third-order valence-corrected chi connectivity index (χ3v) is 4.55. The molecular weight excluding hydrogens is 392 g/mol. The second kappa shape index (κ2) is 9.00. The molecule has 1 aliphatic heterocycles. The maximum atomic E-state index is 13.2. The Morgan fingerprint density at radius 1 is 1.31 bits per heavy atom. The van der Waals surface area contributed by atoms with Crippen LogP contribution in [0.5, 0.6) is 0 Å². The highest BCUT2D eigenvalue weighted by Gasteiger charge is 2.27. The lowest BCUT2D eigenvalue weighted by atomic mass is 10.2. The van der Waals surface area contributed by atoms with Crippen LogP contribution in [0.4, 0.5) is 8.78 Å². The molecule has 0 aromatic heterocycles. The van der Waals surface area contributed by atoms with Crippen LogP contribution in [0.2, 0.25) is 5.02 Å². The SMILES string of the molecule is CCOC(=O)/C=C1\SCC(=O)N1CCOC(=O)c1cc(F)c(F)cc1Cl. The molecule has 0 bridgehead atoms. The van der Waals surface area contributed by atoms with Crippen LogP contribution >= 0.6 is 23.4 Å². The highest BCUT2D eigenvalue weighted by molar-refractivity contribution is 8.04. The third-order valence-electron chi connectivity index (χ3n) is 3.22. The van der Waals surface area contributed by atoms with E-state index in [-0.39, 0.29) is 42.0 Å². The van der Waals surface area contributed by atoms with Crippen LogP contribution in [0.1, 0.15) is 17.3 Å². The predicted molar refractivity (Wildman–Crippen MR) is 90.5 cm³/mol. The van der Waals surface area contributed by atoms with E-state index < -0.39 is 23.6 Å². The van der Waals surface area contributed by atoms with Crippen molar-refractivity contribution in [2.75, 3.05) is 25.5 Å². The highest BCUT2D eigenvalue weighted by Crippen LogP contribution is 2.28. The number of esters is 2. The van der Waals surface area contributed by atoms with Crippen LogP contribution in [-0.2, 0) is 19.1 Å². The van der Waals surface area contributed by atoms with Gasteiger partial charge < -0.3 is 14.4 Å². The fourth-order valence-corrected chi connectivity index (χ4v) is 3.22. The Kier molecular flexibility index (Phi) is 6.98. The van der Waals surface area contributed by atoms with Crippen molar-refractivity contribution < 1.29 is 32.6 Å². The van der Waals surface area contributed by atoms with Gasteiger partial charge in [0.15, 0.2) is 11.6 Å². The lowest BCUT2D eigenvalue weighted by molar-refractivity contribution is -0.137. The molecule has 0 radical (unpaired) electrons. The van der Waals surface area contributed by atoms with E-state index in [2.05, 4.69) is 0 Å². The Hall–Kier alpha value is -2.13. The molecule has 1 aromatic carbocycles. The predicted octanol–water partition coefficient (Wildman–Crippen LogP) is 2.75. The second-order valence-electron chi connectivity index (χ2n) is 4.95. The molecule has 0 unspecified atom stereocenters. The molecule has 0 spiro atoms. The van der Waals surface area contributed by atoms with Crippen LogP contribution in [-0.4, -0.2) is 48.3 Å². The van der Waals surface area contributed by atoms with Gasteiger partial charge in [-0.25, -0.2) is 18.4 Å². The zero-order valence-electron chi connectivity index (χ0n) is 13.6. The first kappa shape index (κ1) is 20.2. The summed E-state index contributed by atoms with van der Waals surface area (Å²) < 4.78 is 36.0. The van der Waals surface area contributed by atoms with Gasteiger partial charge in [-0.05, 0) is 19.1 Å². The molecule has 0 atom stereocenters. The molecule has 0 saturated carbocycles. The number of hydrogen-bond acceptors (Lipinski definition) is 6. The van der Waals surface area contributed by atoms with Gasteiger partial charge in [0.1, 0.15) is 6.61 Å². The molecule has 1 heterocycles. The molecule has 0 N–H and O–H groups in total. The van der Waals surface area contributed by atoms with Crippen LogP contribution in [0.25, 0.3) is 0 Å². The first-order chi connectivity index (χ1) is 12.3. The number of thioether (sulfide) groups is 1. The van der Waals surface area contributed by atoms with Crippen LogP contribution in [0.15, 0.2) is 23.2 Å². The monoisotopic (exact) mass is 405 g/mol. The summed E-state index contributed by atoms with van der Waals surface area (Å²) in [4.78, 5) is 36.6. The van der Waals surface area contributed by atoms with Gasteiger partial charge in [-0.2, -0.15) is 0 Å². The molecule has 1 amide bonds. The molecule has 140 valence electrons. The van der Waals surface area contributed by atoms with Crippen molar-refractivity contribution in [1.82, 2.24) is 4.90 Å². The van der Waals surface area contributed by atoms with Crippen molar-refractivity contribution in [3.05, 3.63) is 45.5 Å². The largest absolute Gasteiger partial charge is 0.463 e. The van der Waals surface area contributed by atoms with Crippen molar-refractivity contribution in [2.45, 2.75) is 6.92 Å². The van der Waals surface area contributed by atoms with Crippen molar-refractivity contribution in [3.63, 3.8) is 0 Å². The van der Waals surface area contributed by atoms with Gasteiger partial charge in [0, 0.05) is 0 Å². The first-order valence-electron chi connectivity index (χ1n) is 7.46. The Balaban J connectivity index is 1.97. The minimum atomic E-state index is -1.23. The average Bonchev–Trinajstić information content (AvgIpc) is 2.91. The molecule has 6 nitrogen and oxygen atoms in total. The van der Waals surface area contributed by atoms with Gasteiger partial charge in [0.25, 0.3) is 0 Å². The van der Waals surface area contributed by atoms with Gasteiger partial charge in [-0.3, -0.25) is 4.79 Å². The standard InChI is InChI=1S/C16H14ClF2NO5S/c1-2-24-15(22)7-14-20(13(21)8-26-14)3-4-25-16(23)9-5-11(18)12(19)6-10(9)17/h5-7H,2-4,8H2,1H3/b14-7-. The number of nitrogens with zero attached hydrogens (tertiary/aromatic N) is 1. The third kappa shape index (κ3) is 4.95. The zero-order chi connectivity index (χ0) is 19.3. The highest BCUT2D eigenvalue weighted by atomic mass is 35.5. The number of ether oxygens (including phenoxy) is 2. The number of benzene rings is 1. The van der Waals surface area contributed by atoms with E-state index in [9.17, 15) is 23.2 Å². The minimum absolute atomic E-state index is 0.00981. The molecule has 2 rings (SSSR count). The summed E-state index contributed by atoms with van der Waals surface area (Å²) in [6, 6.07) is 1.32. The van der Waals surface area contributed by atoms with E-state index in [0.717, 1.165) is 11.8 Å².